The van der Waals surface area contributed by atoms with Crippen molar-refractivity contribution in [3.8, 4) is 11.4 Å². The Morgan fingerprint density at radius 2 is 1.56 bits per heavy atom. The highest BCUT2D eigenvalue weighted by atomic mass is 35.5. The number of aliphatic hydroxyl groups is 1. The molecule has 3 N–H and O–H groups in total. The number of aryl methyl sites for hydroxylation is 1. The van der Waals surface area contributed by atoms with Crippen LogP contribution >= 0.6 is 34.8 Å². The zero-order chi connectivity index (χ0) is 25.5. The van der Waals surface area contributed by atoms with Crippen LogP contribution in [0.3, 0.4) is 0 Å². The van der Waals surface area contributed by atoms with Crippen LogP contribution < -0.4 is 10.6 Å². The molecule has 186 valence electrons. The normalized spacial score (nSPS) is 11.8. The fourth-order valence-corrected chi connectivity index (χ4v) is 4.16. The standard InChI is InChI=1S/C27H25Cl3N4O2/c1-17-25(16-36-15-24(35)14-31-22-9-7-19(28)8-10-22)27(33-23-12-20(29)11-21(30)13-23)34-26(32-17)18-5-3-2-4-6-18/h2-13,24,31,35H,14-16H2,1H3,(H,32,33,34). The molecule has 0 aliphatic carbocycles. The van der Waals surface area contributed by atoms with Crippen LogP contribution in [0.15, 0.2) is 72.8 Å². The van der Waals surface area contributed by atoms with Gasteiger partial charge in [-0.05, 0) is 49.4 Å². The van der Waals surface area contributed by atoms with Gasteiger partial charge >= 0.3 is 0 Å². The highest BCUT2D eigenvalue weighted by molar-refractivity contribution is 6.35. The molecule has 4 rings (SSSR count). The zero-order valence-corrected chi connectivity index (χ0v) is 21.8. The molecule has 9 heteroatoms. The summed E-state index contributed by atoms with van der Waals surface area (Å²) in [5.74, 6) is 1.16. The maximum Gasteiger partial charge on any atom is 0.161 e. The monoisotopic (exact) mass is 542 g/mol. The van der Waals surface area contributed by atoms with Gasteiger partial charge in [-0.1, -0.05) is 65.1 Å². The third-order valence-corrected chi connectivity index (χ3v) is 6.00. The molecular formula is C27H25Cl3N4O2. The van der Waals surface area contributed by atoms with E-state index in [9.17, 15) is 5.11 Å². The van der Waals surface area contributed by atoms with Gasteiger partial charge in [0.2, 0.25) is 0 Å². The Morgan fingerprint density at radius 1 is 0.861 bits per heavy atom. The van der Waals surface area contributed by atoms with E-state index in [1.165, 1.54) is 0 Å². The van der Waals surface area contributed by atoms with Crippen LogP contribution in [0, 0.1) is 6.92 Å². The lowest BCUT2D eigenvalue weighted by Crippen LogP contribution is -2.25. The van der Waals surface area contributed by atoms with Crippen molar-refractivity contribution < 1.29 is 9.84 Å². The largest absolute Gasteiger partial charge is 0.389 e. The van der Waals surface area contributed by atoms with Gasteiger partial charge in [0.1, 0.15) is 5.82 Å². The third-order valence-electron chi connectivity index (χ3n) is 5.31. The van der Waals surface area contributed by atoms with Crippen LogP contribution in [0.5, 0.6) is 0 Å². The van der Waals surface area contributed by atoms with Gasteiger partial charge in [-0.15, -0.1) is 0 Å². The van der Waals surface area contributed by atoms with E-state index in [-0.39, 0.29) is 13.2 Å². The van der Waals surface area contributed by atoms with Gasteiger partial charge in [0, 0.05) is 49.8 Å². The maximum atomic E-state index is 10.4. The first-order chi connectivity index (χ1) is 17.4. The third kappa shape index (κ3) is 7.32. The van der Waals surface area contributed by atoms with Crippen molar-refractivity contribution in [2.75, 3.05) is 23.8 Å². The van der Waals surface area contributed by atoms with E-state index in [4.69, 9.17) is 49.5 Å². The first-order valence-corrected chi connectivity index (χ1v) is 12.4. The number of aromatic nitrogens is 2. The van der Waals surface area contributed by atoms with Crippen molar-refractivity contribution in [3.05, 3.63) is 99.1 Å². The fraction of sp³-hybridized carbons (Fsp3) is 0.185. The quantitative estimate of drug-likeness (QED) is 0.197. The Hall–Kier alpha value is -2.87. The Morgan fingerprint density at radius 3 is 2.25 bits per heavy atom. The summed E-state index contributed by atoms with van der Waals surface area (Å²) < 4.78 is 5.86. The molecule has 0 amide bonds. The zero-order valence-electron chi connectivity index (χ0n) is 19.5. The molecule has 0 saturated heterocycles. The SMILES string of the molecule is Cc1nc(-c2ccccc2)nc(Nc2cc(Cl)cc(Cl)c2)c1COCC(O)CNc1ccc(Cl)cc1. The van der Waals surface area contributed by atoms with Crippen molar-refractivity contribution >= 4 is 52.0 Å². The molecule has 1 unspecified atom stereocenters. The highest BCUT2D eigenvalue weighted by Gasteiger charge is 2.15. The second kappa shape index (κ2) is 12.4. The first kappa shape index (κ1) is 26.2. The van der Waals surface area contributed by atoms with Gasteiger partial charge in [0.25, 0.3) is 0 Å². The van der Waals surface area contributed by atoms with Gasteiger partial charge < -0.3 is 20.5 Å². The van der Waals surface area contributed by atoms with Gasteiger partial charge in [0.15, 0.2) is 5.82 Å². The number of hydrogen-bond donors (Lipinski definition) is 3. The number of nitrogens with zero attached hydrogens (tertiary/aromatic N) is 2. The van der Waals surface area contributed by atoms with Crippen molar-refractivity contribution in [3.63, 3.8) is 0 Å². The molecule has 3 aromatic carbocycles. The van der Waals surface area contributed by atoms with E-state index in [1.807, 2.05) is 49.4 Å². The molecule has 0 aliphatic heterocycles. The molecule has 0 spiro atoms. The van der Waals surface area contributed by atoms with Crippen molar-refractivity contribution in [2.45, 2.75) is 19.6 Å². The summed E-state index contributed by atoms with van der Waals surface area (Å²) in [6.45, 7) is 2.57. The molecule has 0 saturated carbocycles. The number of anilines is 3. The van der Waals surface area contributed by atoms with Gasteiger partial charge in [-0.3, -0.25) is 0 Å². The lowest BCUT2D eigenvalue weighted by Gasteiger charge is -2.17. The fourth-order valence-electron chi connectivity index (χ4n) is 3.51. The molecule has 1 aromatic heterocycles. The second-order valence-corrected chi connectivity index (χ2v) is 9.47. The Kier molecular flexibility index (Phi) is 9.02. The van der Waals surface area contributed by atoms with Crippen LogP contribution in [0.4, 0.5) is 17.2 Å². The molecule has 1 atom stereocenters. The number of ether oxygens (including phenoxy) is 1. The van der Waals surface area contributed by atoms with E-state index in [2.05, 4.69) is 10.6 Å². The molecule has 36 heavy (non-hydrogen) atoms. The lowest BCUT2D eigenvalue weighted by molar-refractivity contribution is 0.0346. The van der Waals surface area contributed by atoms with Gasteiger partial charge in [-0.25, -0.2) is 9.97 Å². The van der Waals surface area contributed by atoms with Crippen LogP contribution in [-0.4, -0.2) is 34.3 Å². The Balaban J connectivity index is 1.49. The summed E-state index contributed by atoms with van der Waals surface area (Å²) in [7, 11) is 0. The Bertz CT molecular complexity index is 1280. The second-order valence-electron chi connectivity index (χ2n) is 8.17. The number of aliphatic hydroxyl groups excluding tert-OH is 1. The lowest BCUT2D eigenvalue weighted by atomic mass is 10.1. The minimum Gasteiger partial charge on any atom is -0.389 e. The summed E-state index contributed by atoms with van der Waals surface area (Å²) in [5, 5.41) is 18.5. The predicted octanol–water partition coefficient (Wildman–Crippen LogP) is 7.15. The summed E-state index contributed by atoms with van der Waals surface area (Å²) >= 11 is 18.3. The van der Waals surface area contributed by atoms with Crippen LogP contribution in [0.25, 0.3) is 11.4 Å². The summed E-state index contributed by atoms with van der Waals surface area (Å²) in [6, 6.07) is 22.2. The molecule has 6 nitrogen and oxygen atoms in total. The number of halogens is 3. The number of benzene rings is 3. The maximum absolute atomic E-state index is 10.4. The van der Waals surface area contributed by atoms with Crippen LogP contribution in [0.1, 0.15) is 11.3 Å². The van der Waals surface area contributed by atoms with Crippen molar-refractivity contribution in [1.82, 2.24) is 9.97 Å². The summed E-state index contributed by atoms with van der Waals surface area (Å²) in [4.78, 5) is 9.46. The average molecular weight is 544 g/mol. The van der Waals surface area contributed by atoms with E-state index in [0.29, 0.717) is 38.9 Å². The molecule has 0 aliphatic rings. The van der Waals surface area contributed by atoms with E-state index in [0.717, 1.165) is 22.5 Å². The predicted molar refractivity (Wildman–Crippen MR) is 148 cm³/mol. The van der Waals surface area contributed by atoms with Gasteiger partial charge in [0.05, 0.1) is 19.3 Å². The number of hydrogen-bond acceptors (Lipinski definition) is 6. The summed E-state index contributed by atoms with van der Waals surface area (Å²) in [5.41, 5.74) is 3.98. The van der Waals surface area contributed by atoms with E-state index < -0.39 is 6.10 Å². The van der Waals surface area contributed by atoms with Crippen LogP contribution in [-0.2, 0) is 11.3 Å². The van der Waals surface area contributed by atoms with E-state index in [1.54, 1.807) is 30.3 Å². The molecular weight excluding hydrogens is 519 g/mol. The molecule has 0 radical (unpaired) electrons. The molecule has 0 bridgehead atoms. The minimum atomic E-state index is -0.714. The highest BCUT2D eigenvalue weighted by Crippen LogP contribution is 2.29. The Labute approximate surface area is 225 Å². The van der Waals surface area contributed by atoms with E-state index >= 15 is 0 Å². The first-order valence-electron chi connectivity index (χ1n) is 11.3. The smallest absolute Gasteiger partial charge is 0.161 e. The number of rotatable bonds is 10. The topological polar surface area (TPSA) is 79.3 Å². The molecule has 1 heterocycles. The average Bonchev–Trinajstić information content (AvgIpc) is 2.85. The molecule has 0 fully saturated rings. The number of nitrogens with one attached hydrogen (secondary N) is 2. The van der Waals surface area contributed by atoms with Crippen LogP contribution in [0.2, 0.25) is 15.1 Å². The summed E-state index contributed by atoms with van der Waals surface area (Å²) in [6.07, 6.45) is -0.714. The van der Waals surface area contributed by atoms with Gasteiger partial charge in [-0.2, -0.15) is 0 Å². The minimum absolute atomic E-state index is 0.128. The van der Waals surface area contributed by atoms with Crippen molar-refractivity contribution in [2.24, 2.45) is 0 Å². The molecule has 4 aromatic rings. The van der Waals surface area contributed by atoms with Crippen molar-refractivity contribution in [1.29, 1.82) is 0 Å².